The average molecular weight is 401 g/mol. The van der Waals surface area contributed by atoms with Crippen LogP contribution >= 0.6 is 11.6 Å². The van der Waals surface area contributed by atoms with Crippen LogP contribution in [0.4, 0.5) is 11.4 Å². The summed E-state index contributed by atoms with van der Waals surface area (Å²) >= 11 is 5.95. The highest BCUT2D eigenvalue weighted by molar-refractivity contribution is 6.29. The third-order valence-corrected chi connectivity index (χ3v) is 4.49. The molecule has 4 rings (SSSR count). The van der Waals surface area contributed by atoms with E-state index in [1.54, 1.807) is 19.5 Å². The van der Waals surface area contributed by atoms with Crippen molar-refractivity contribution >= 4 is 28.9 Å². The molecule has 10 heteroatoms. The fourth-order valence-electron chi connectivity index (χ4n) is 2.80. The van der Waals surface area contributed by atoms with Crippen LogP contribution in [0.5, 0.6) is 5.75 Å². The van der Waals surface area contributed by atoms with Crippen molar-refractivity contribution in [2.45, 2.75) is 18.9 Å². The van der Waals surface area contributed by atoms with Gasteiger partial charge in [0.25, 0.3) is 0 Å². The summed E-state index contributed by atoms with van der Waals surface area (Å²) in [5, 5.41) is 15.3. The topological polar surface area (TPSA) is 104 Å². The Hall–Kier alpha value is -3.20. The Morgan fingerprint density at radius 3 is 2.79 bits per heavy atom. The third-order valence-electron chi connectivity index (χ3n) is 4.30. The molecule has 0 saturated heterocycles. The number of carbonyl (C=O) groups excluding carboxylic acids is 1. The number of halogens is 1. The Labute approximate surface area is 165 Å². The Kier molecular flexibility index (Phi) is 4.82. The number of nitrogens with zero attached hydrogens (tertiary/aromatic N) is 5. The van der Waals surface area contributed by atoms with E-state index in [0.717, 1.165) is 18.4 Å². The number of anilines is 2. The molecule has 1 N–H and O–H groups in total. The lowest BCUT2D eigenvalue weighted by Gasteiger charge is -2.15. The highest BCUT2D eigenvalue weighted by Gasteiger charge is 2.26. The molecule has 2 heterocycles. The van der Waals surface area contributed by atoms with Crippen molar-refractivity contribution in [3.05, 3.63) is 41.4 Å². The van der Waals surface area contributed by atoms with Crippen molar-refractivity contribution in [3.8, 4) is 17.1 Å². The van der Waals surface area contributed by atoms with E-state index in [-0.39, 0.29) is 10.8 Å². The molecule has 0 spiro atoms. The standard InChI is InChI=1S/C18H17ClN6O3/c1-27-16-11(17-20-9-25(24-17)10-6-7-10)4-3-5-12(16)21-13-8-14(19)22-23-15(13)18(26)28-2/h3-5,8-10H,6-7H2,1-2H3,(H,21,22). The summed E-state index contributed by atoms with van der Waals surface area (Å²) < 4.78 is 12.2. The Bertz CT molecular complexity index is 1030. The van der Waals surface area contributed by atoms with E-state index in [1.165, 1.54) is 13.2 Å². The SMILES string of the molecule is COC(=O)c1nnc(Cl)cc1Nc1cccc(-c2ncn(C3CC3)n2)c1OC. The second-order valence-electron chi connectivity index (χ2n) is 6.21. The lowest BCUT2D eigenvalue weighted by Crippen LogP contribution is -2.10. The van der Waals surface area contributed by atoms with Crippen molar-refractivity contribution in [2.24, 2.45) is 0 Å². The molecule has 0 amide bonds. The van der Waals surface area contributed by atoms with E-state index in [1.807, 2.05) is 16.8 Å². The number of nitrogens with one attached hydrogen (secondary N) is 1. The summed E-state index contributed by atoms with van der Waals surface area (Å²) in [6, 6.07) is 7.44. The van der Waals surface area contributed by atoms with Gasteiger partial charge in [-0.3, -0.25) is 0 Å². The number of para-hydroxylation sites is 1. The predicted octanol–water partition coefficient (Wildman–Crippen LogP) is 3.26. The quantitative estimate of drug-likeness (QED) is 0.628. The van der Waals surface area contributed by atoms with Crippen LogP contribution in [0, 0.1) is 0 Å². The summed E-state index contributed by atoms with van der Waals surface area (Å²) in [5.74, 6) is 0.456. The molecule has 1 aromatic carbocycles. The number of aromatic nitrogens is 5. The number of esters is 1. The average Bonchev–Trinajstić information content (AvgIpc) is 3.44. The largest absolute Gasteiger partial charge is 0.494 e. The molecule has 9 nitrogen and oxygen atoms in total. The van der Waals surface area contributed by atoms with Gasteiger partial charge in [0.1, 0.15) is 6.33 Å². The molecule has 0 unspecified atom stereocenters. The molecule has 1 fully saturated rings. The second kappa shape index (κ2) is 7.43. The van der Waals surface area contributed by atoms with Gasteiger partial charge in [0.15, 0.2) is 22.4 Å². The zero-order chi connectivity index (χ0) is 19.7. The first-order valence-electron chi connectivity index (χ1n) is 8.57. The number of methoxy groups -OCH3 is 2. The van der Waals surface area contributed by atoms with Gasteiger partial charge in [-0.15, -0.1) is 10.2 Å². The van der Waals surface area contributed by atoms with Gasteiger partial charge in [0, 0.05) is 6.07 Å². The van der Waals surface area contributed by atoms with Gasteiger partial charge in [-0.1, -0.05) is 17.7 Å². The number of benzene rings is 1. The number of hydrogen-bond donors (Lipinski definition) is 1. The van der Waals surface area contributed by atoms with Crippen molar-refractivity contribution in [1.82, 2.24) is 25.0 Å². The Balaban J connectivity index is 1.73. The van der Waals surface area contributed by atoms with Crippen LogP contribution in [0.1, 0.15) is 29.4 Å². The highest BCUT2D eigenvalue weighted by Crippen LogP contribution is 2.38. The van der Waals surface area contributed by atoms with Crippen molar-refractivity contribution in [3.63, 3.8) is 0 Å². The van der Waals surface area contributed by atoms with E-state index in [2.05, 4.69) is 25.6 Å². The maximum Gasteiger partial charge on any atom is 0.360 e. The first-order valence-corrected chi connectivity index (χ1v) is 8.95. The van der Waals surface area contributed by atoms with Crippen LogP contribution in [-0.2, 0) is 4.74 Å². The molecule has 1 aliphatic carbocycles. The number of rotatable bonds is 6. The van der Waals surface area contributed by atoms with Gasteiger partial charge in [-0.2, -0.15) is 5.10 Å². The minimum Gasteiger partial charge on any atom is -0.494 e. The maximum absolute atomic E-state index is 12.0. The summed E-state index contributed by atoms with van der Waals surface area (Å²) in [6.45, 7) is 0. The van der Waals surface area contributed by atoms with Crippen LogP contribution in [0.2, 0.25) is 5.15 Å². The molecule has 1 saturated carbocycles. The third kappa shape index (κ3) is 3.48. The number of ether oxygens (including phenoxy) is 2. The molecule has 0 aliphatic heterocycles. The summed E-state index contributed by atoms with van der Waals surface area (Å²) in [4.78, 5) is 16.4. The van der Waals surface area contributed by atoms with E-state index < -0.39 is 5.97 Å². The molecular formula is C18H17ClN6O3. The molecular weight excluding hydrogens is 384 g/mol. The van der Waals surface area contributed by atoms with Crippen molar-refractivity contribution in [1.29, 1.82) is 0 Å². The molecule has 144 valence electrons. The molecule has 1 aliphatic rings. The Morgan fingerprint density at radius 1 is 1.25 bits per heavy atom. The molecule has 3 aromatic rings. The first-order chi connectivity index (χ1) is 13.6. The normalized spacial score (nSPS) is 13.2. The van der Waals surface area contributed by atoms with Crippen LogP contribution in [0.25, 0.3) is 11.4 Å². The van der Waals surface area contributed by atoms with Gasteiger partial charge in [0.2, 0.25) is 0 Å². The lowest BCUT2D eigenvalue weighted by molar-refractivity contribution is 0.0594. The molecule has 0 radical (unpaired) electrons. The zero-order valence-electron chi connectivity index (χ0n) is 15.2. The molecule has 0 atom stereocenters. The minimum absolute atomic E-state index is 0.00972. The molecule has 2 aromatic heterocycles. The van der Waals surface area contributed by atoms with E-state index in [4.69, 9.17) is 21.1 Å². The second-order valence-corrected chi connectivity index (χ2v) is 6.60. The van der Waals surface area contributed by atoms with Gasteiger partial charge in [-0.25, -0.2) is 14.5 Å². The van der Waals surface area contributed by atoms with Crippen molar-refractivity contribution < 1.29 is 14.3 Å². The maximum atomic E-state index is 12.0. The monoisotopic (exact) mass is 400 g/mol. The summed E-state index contributed by atoms with van der Waals surface area (Å²) in [7, 11) is 2.83. The molecule has 28 heavy (non-hydrogen) atoms. The number of hydrogen-bond acceptors (Lipinski definition) is 8. The van der Waals surface area contributed by atoms with E-state index >= 15 is 0 Å². The van der Waals surface area contributed by atoms with Crippen molar-refractivity contribution in [2.75, 3.05) is 19.5 Å². The van der Waals surface area contributed by atoms with Gasteiger partial charge in [-0.05, 0) is 25.0 Å². The number of carbonyl (C=O) groups is 1. The lowest BCUT2D eigenvalue weighted by atomic mass is 10.1. The fourth-order valence-corrected chi connectivity index (χ4v) is 2.95. The van der Waals surface area contributed by atoms with Crippen LogP contribution in [0.3, 0.4) is 0 Å². The van der Waals surface area contributed by atoms with E-state index in [9.17, 15) is 4.79 Å². The van der Waals surface area contributed by atoms with Gasteiger partial charge < -0.3 is 14.8 Å². The van der Waals surface area contributed by atoms with Crippen LogP contribution < -0.4 is 10.1 Å². The fraction of sp³-hybridized carbons (Fsp3) is 0.278. The van der Waals surface area contributed by atoms with Gasteiger partial charge in [0.05, 0.1) is 37.2 Å². The molecule has 0 bridgehead atoms. The Morgan fingerprint density at radius 2 is 2.07 bits per heavy atom. The smallest absolute Gasteiger partial charge is 0.360 e. The minimum atomic E-state index is -0.633. The summed E-state index contributed by atoms with van der Waals surface area (Å²) in [6.07, 6.45) is 3.97. The van der Waals surface area contributed by atoms with E-state index in [0.29, 0.717) is 29.0 Å². The highest BCUT2D eigenvalue weighted by atomic mass is 35.5. The van der Waals surface area contributed by atoms with Gasteiger partial charge >= 0.3 is 5.97 Å². The zero-order valence-corrected chi connectivity index (χ0v) is 16.0. The van der Waals surface area contributed by atoms with Crippen LogP contribution in [0.15, 0.2) is 30.6 Å². The summed E-state index contributed by atoms with van der Waals surface area (Å²) in [5.41, 5.74) is 1.67. The van der Waals surface area contributed by atoms with Crippen LogP contribution in [-0.4, -0.2) is 45.2 Å². The predicted molar refractivity (Wildman–Crippen MR) is 102 cm³/mol. The first kappa shape index (κ1) is 18.2.